The molecule has 2 nitrogen and oxygen atoms in total. The molecule has 0 aliphatic rings. The van der Waals surface area contributed by atoms with E-state index < -0.39 is 0 Å². The van der Waals surface area contributed by atoms with E-state index in [-0.39, 0.29) is 0 Å². The third-order valence-electron chi connectivity index (χ3n) is 2.95. The highest BCUT2D eigenvalue weighted by Crippen LogP contribution is 2.19. The smallest absolute Gasteiger partial charge is 0.126 e. The number of hydrogen-bond donors (Lipinski definition) is 0. The fourth-order valence-corrected chi connectivity index (χ4v) is 1.87. The van der Waals surface area contributed by atoms with E-state index in [1.807, 2.05) is 60.7 Å². The maximum atomic E-state index is 5.75. The van der Waals surface area contributed by atoms with Crippen molar-refractivity contribution < 1.29 is 9.47 Å². The summed E-state index contributed by atoms with van der Waals surface area (Å²) in [5, 5.41) is 0. The highest BCUT2D eigenvalue weighted by molar-refractivity contribution is 5.55. The van der Waals surface area contributed by atoms with Gasteiger partial charge < -0.3 is 9.47 Å². The SMILES string of the molecule is C=Cc1ccccc1OCCCCOc1ccccc1. The zero-order valence-corrected chi connectivity index (χ0v) is 11.6. The summed E-state index contributed by atoms with van der Waals surface area (Å²) in [4.78, 5) is 0. The van der Waals surface area contributed by atoms with Crippen LogP contribution in [0, 0.1) is 0 Å². The lowest BCUT2D eigenvalue weighted by molar-refractivity contribution is 0.266. The number of hydrogen-bond acceptors (Lipinski definition) is 2. The average molecular weight is 268 g/mol. The van der Waals surface area contributed by atoms with Crippen LogP contribution < -0.4 is 9.47 Å². The largest absolute Gasteiger partial charge is 0.494 e. The molecule has 0 radical (unpaired) electrons. The van der Waals surface area contributed by atoms with Gasteiger partial charge in [-0.15, -0.1) is 0 Å². The van der Waals surface area contributed by atoms with Crippen LogP contribution in [0.1, 0.15) is 18.4 Å². The summed E-state index contributed by atoms with van der Waals surface area (Å²) in [6, 6.07) is 17.8. The van der Waals surface area contributed by atoms with Gasteiger partial charge in [0, 0.05) is 5.56 Å². The van der Waals surface area contributed by atoms with Gasteiger partial charge in [0.05, 0.1) is 13.2 Å². The standard InChI is InChI=1S/C18H20O2/c1-2-16-10-6-7-13-18(16)20-15-9-8-14-19-17-11-4-3-5-12-17/h2-7,10-13H,1,8-9,14-15H2. The van der Waals surface area contributed by atoms with Crippen LogP contribution in [0.15, 0.2) is 61.2 Å². The Bertz CT molecular complexity index is 520. The predicted octanol–water partition coefficient (Wildman–Crippen LogP) is 4.57. The first kappa shape index (κ1) is 14.2. The first-order valence-electron chi connectivity index (χ1n) is 6.92. The number of benzene rings is 2. The summed E-state index contributed by atoms with van der Waals surface area (Å²) < 4.78 is 11.4. The average Bonchev–Trinajstić information content (AvgIpc) is 2.52. The summed E-state index contributed by atoms with van der Waals surface area (Å²) in [7, 11) is 0. The number of unbranched alkanes of at least 4 members (excludes halogenated alkanes) is 1. The topological polar surface area (TPSA) is 18.5 Å². The van der Waals surface area contributed by atoms with Gasteiger partial charge in [-0.25, -0.2) is 0 Å². The van der Waals surface area contributed by atoms with Crippen LogP contribution in [0.2, 0.25) is 0 Å². The van der Waals surface area contributed by atoms with Crippen molar-refractivity contribution in [3.63, 3.8) is 0 Å². The Morgan fingerprint density at radius 1 is 0.800 bits per heavy atom. The minimum absolute atomic E-state index is 0.697. The summed E-state index contributed by atoms with van der Waals surface area (Å²) in [5.74, 6) is 1.82. The maximum absolute atomic E-state index is 5.75. The Hall–Kier alpha value is -2.22. The molecule has 2 heteroatoms. The van der Waals surface area contributed by atoms with Gasteiger partial charge in [0.25, 0.3) is 0 Å². The van der Waals surface area contributed by atoms with E-state index in [9.17, 15) is 0 Å². The molecule has 0 aliphatic carbocycles. The van der Waals surface area contributed by atoms with Crippen molar-refractivity contribution in [3.8, 4) is 11.5 Å². The molecule has 0 heterocycles. The van der Waals surface area contributed by atoms with Crippen LogP contribution >= 0.6 is 0 Å². The van der Waals surface area contributed by atoms with Crippen molar-refractivity contribution in [2.45, 2.75) is 12.8 Å². The fourth-order valence-electron chi connectivity index (χ4n) is 1.87. The van der Waals surface area contributed by atoms with Crippen molar-refractivity contribution in [3.05, 3.63) is 66.7 Å². The van der Waals surface area contributed by atoms with Crippen LogP contribution in [0.4, 0.5) is 0 Å². The van der Waals surface area contributed by atoms with E-state index in [1.54, 1.807) is 0 Å². The van der Waals surface area contributed by atoms with Crippen molar-refractivity contribution in [2.75, 3.05) is 13.2 Å². The molecule has 0 saturated heterocycles. The third kappa shape index (κ3) is 4.47. The molecule has 104 valence electrons. The number of rotatable bonds is 8. The molecule has 2 aromatic carbocycles. The van der Waals surface area contributed by atoms with Crippen molar-refractivity contribution >= 4 is 6.08 Å². The van der Waals surface area contributed by atoms with E-state index in [4.69, 9.17) is 9.47 Å². The normalized spacial score (nSPS) is 10.0. The van der Waals surface area contributed by atoms with Gasteiger partial charge >= 0.3 is 0 Å². The van der Waals surface area contributed by atoms with Gasteiger partial charge in [0.15, 0.2) is 0 Å². The lowest BCUT2D eigenvalue weighted by Gasteiger charge is -2.09. The summed E-state index contributed by atoms with van der Waals surface area (Å²) in [6.45, 7) is 5.20. The van der Waals surface area contributed by atoms with E-state index in [1.165, 1.54) is 0 Å². The molecule has 0 aromatic heterocycles. The van der Waals surface area contributed by atoms with Gasteiger partial charge in [-0.05, 0) is 31.0 Å². The second kappa shape index (κ2) is 8.05. The molecule has 2 aromatic rings. The number of ether oxygens (including phenoxy) is 2. The molecule has 0 saturated carbocycles. The molecule has 0 atom stereocenters. The first-order valence-corrected chi connectivity index (χ1v) is 6.92. The van der Waals surface area contributed by atoms with Gasteiger partial charge in [0.1, 0.15) is 11.5 Å². The van der Waals surface area contributed by atoms with Gasteiger partial charge in [-0.1, -0.05) is 49.1 Å². The molecular weight excluding hydrogens is 248 g/mol. The molecule has 0 aliphatic heterocycles. The first-order chi connectivity index (χ1) is 9.90. The van der Waals surface area contributed by atoms with Crippen LogP contribution in [0.5, 0.6) is 11.5 Å². The summed E-state index contributed by atoms with van der Waals surface area (Å²) >= 11 is 0. The minimum atomic E-state index is 0.697. The Labute approximate surface area is 120 Å². The Balaban J connectivity index is 1.63. The Morgan fingerprint density at radius 3 is 2.20 bits per heavy atom. The molecule has 0 N–H and O–H groups in total. The molecule has 0 amide bonds. The van der Waals surface area contributed by atoms with Gasteiger partial charge in [-0.3, -0.25) is 0 Å². The van der Waals surface area contributed by atoms with Gasteiger partial charge in [-0.2, -0.15) is 0 Å². The summed E-state index contributed by atoms with van der Waals surface area (Å²) in [5.41, 5.74) is 1.04. The predicted molar refractivity (Wildman–Crippen MR) is 83.2 cm³/mol. The van der Waals surface area contributed by atoms with Crippen LogP contribution in [-0.2, 0) is 0 Å². The van der Waals surface area contributed by atoms with Gasteiger partial charge in [0.2, 0.25) is 0 Å². The zero-order chi connectivity index (χ0) is 14.0. The maximum Gasteiger partial charge on any atom is 0.126 e. The molecule has 0 fully saturated rings. The zero-order valence-electron chi connectivity index (χ0n) is 11.6. The molecule has 20 heavy (non-hydrogen) atoms. The molecular formula is C18H20O2. The lowest BCUT2D eigenvalue weighted by Crippen LogP contribution is -2.03. The second-order valence-corrected chi connectivity index (χ2v) is 4.46. The second-order valence-electron chi connectivity index (χ2n) is 4.46. The van der Waals surface area contributed by atoms with Crippen molar-refractivity contribution in [2.24, 2.45) is 0 Å². The van der Waals surface area contributed by atoms with E-state index in [2.05, 4.69) is 6.58 Å². The highest BCUT2D eigenvalue weighted by atomic mass is 16.5. The quantitative estimate of drug-likeness (QED) is 0.653. The van der Waals surface area contributed by atoms with E-state index in [0.717, 1.165) is 36.5 Å². The van der Waals surface area contributed by atoms with Crippen molar-refractivity contribution in [1.29, 1.82) is 0 Å². The van der Waals surface area contributed by atoms with Crippen LogP contribution in [-0.4, -0.2) is 13.2 Å². The molecule has 0 bridgehead atoms. The third-order valence-corrected chi connectivity index (χ3v) is 2.95. The van der Waals surface area contributed by atoms with E-state index in [0.29, 0.717) is 6.61 Å². The number of para-hydroxylation sites is 2. The monoisotopic (exact) mass is 268 g/mol. The fraction of sp³-hybridized carbons (Fsp3) is 0.222. The van der Waals surface area contributed by atoms with E-state index >= 15 is 0 Å². The highest BCUT2D eigenvalue weighted by Gasteiger charge is 1.99. The lowest BCUT2D eigenvalue weighted by atomic mass is 10.2. The minimum Gasteiger partial charge on any atom is -0.494 e. The Kier molecular flexibility index (Phi) is 5.71. The molecule has 0 spiro atoms. The van der Waals surface area contributed by atoms with Crippen LogP contribution in [0.3, 0.4) is 0 Å². The molecule has 2 rings (SSSR count). The van der Waals surface area contributed by atoms with Crippen LogP contribution in [0.25, 0.3) is 6.08 Å². The summed E-state index contributed by atoms with van der Waals surface area (Å²) in [6.07, 6.45) is 3.76. The van der Waals surface area contributed by atoms with Crippen molar-refractivity contribution in [1.82, 2.24) is 0 Å². The Morgan fingerprint density at radius 2 is 1.45 bits per heavy atom. The molecule has 0 unspecified atom stereocenters.